The highest BCUT2D eigenvalue weighted by Crippen LogP contribution is 2.21. The SMILES string of the molecule is COCc1cc(-c2nc(C(C)(N)COC)no2)no1. The molecule has 1 unspecified atom stereocenters. The van der Waals surface area contributed by atoms with Crippen molar-refractivity contribution in [1.82, 2.24) is 15.3 Å². The van der Waals surface area contributed by atoms with Gasteiger partial charge in [-0.3, -0.25) is 0 Å². The van der Waals surface area contributed by atoms with Crippen LogP contribution < -0.4 is 5.73 Å². The summed E-state index contributed by atoms with van der Waals surface area (Å²) in [6.45, 7) is 2.36. The molecule has 2 aromatic rings. The van der Waals surface area contributed by atoms with Crippen molar-refractivity contribution in [2.45, 2.75) is 19.1 Å². The van der Waals surface area contributed by atoms with Crippen molar-refractivity contribution < 1.29 is 18.5 Å². The number of hydrogen-bond donors (Lipinski definition) is 1. The smallest absolute Gasteiger partial charge is 0.280 e. The van der Waals surface area contributed by atoms with Gasteiger partial charge in [0.05, 0.1) is 6.61 Å². The van der Waals surface area contributed by atoms with Gasteiger partial charge in [-0.1, -0.05) is 10.3 Å². The van der Waals surface area contributed by atoms with Crippen molar-refractivity contribution >= 4 is 0 Å². The molecule has 0 aliphatic heterocycles. The van der Waals surface area contributed by atoms with Crippen molar-refractivity contribution in [3.8, 4) is 11.6 Å². The maximum absolute atomic E-state index is 6.02. The molecule has 2 aromatic heterocycles. The van der Waals surface area contributed by atoms with Crippen LogP contribution in [0.15, 0.2) is 15.1 Å². The highest BCUT2D eigenvalue weighted by atomic mass is 16.5. The summed E-state index contributed by atoms with van der Waals surface area (Å²) in [5, 5.41) is 7.66. The fraction of sp³-hybridized carbons (Fsp3) is 0.545. The molecule has 104 valence electrons. The molecule has 0 radical (unpaired) electrons. The van der Waals surface area contributed by atoms with Gasteiger partial charge in [-0.25, -0.2) is 0 Å². The molecule has 8 nitrogen and oxygen atoms in total. The third-order valence-corrected chi connectivity index (χ3v) is 2.45. The van der Waals surface area contributed by atoms with Gasteiger partial charge in [0, 0.05) is 20.3 Å². The highest BCUT2D eigenvalue weighted by Gasteiger charge is 2.28. The van der Waals surface area contributed by atoms with Crippen molar-refractivity contribution in [3.05, 3.63) is 17.7 Å². The Morgan fingerprint density at radius 2 is 2.05 bits per heavy atom. The minimum Gasteiger partial charge on any atom is -0.382 e. The molecule has 0 aliphatic carbocycles. The van der Waals surface area contributed by atoms with Gasteiger partial charge in [-0.15, -0.1) is 0 Å². The average Bonchev–Trinajstić information content (AvgIpc) is 2.96. The molecular weight excluding hydrogens is 252 g/mol. The zero-order valence-corrected chi connectivity index (χ0v) is 11.0. The number of hydrogen-bond acceptors (Lipinski definition) is 8. The number of aromatic nitrogens is 3. The summed E-state index contributed by atoms with van der Waals surface area (Å²) in [5.41, 5.74) is 5.64. The van der Waals surface area contributed by atoms with E-state index < -0.39 is 5.54 Å². The monoisotopic (exact) mass is 268 g/mol. The number of methoxy groups -OCH3 is 2. The maximum Gasteiger partial charge on any atom is 0.280 e. The maximum atomic E-state index is 6.02. The van der Waals surface area contributed by atoms with Crippen LogP contribution in [0.5, 0.6) is 0 Å². The first-order valence-electron chi connectivity index (χ1n) is 5.63. The van der Waals surface area contributed by atoms with E-state index in [0.717, 1.165) is 0 Å². The molecule has 0 fully saturated rings. The molecule has 0 saturated carbocycles. The lowest BCUT2D eigenvalue weighted by atomic mass is 10.1. The van der Waals surface area contributed by atoms with Crippen LogP contribution in [-0.2, 0) is 21.6 Å². The number of ether oxygens (including phenoxy) is 2. The lowest BCUT2D eigenvalue weighted by Crippen LogP contribution is -2.38. The van der Waals surface area contributed by atoms with Crippen molar-refractivity contribution in [1.29, 1.82) is 0 Å². The normalized spacial score (nSPS) is 14.5. The van der Waals surface area contributed by atoms with E-state index in [9.17, 15) is 0 Å². The Kier molecular flexibility index (Phi) is 3.93. The fourth-order valence-electron chi connectivity index (χ4n) is 1.55. The van der Waals surface area contributed by atoms with Crippen LogP contribution in [0, 0.1) is 0 Å². The second-order valence-electron chi connectivity index (χ2n) is 4.39. The van der Waals surface area contributed by atoms with Gasteiger partial charge in [0.1, 0.15) is 12.1 Å². The third kappa shape index (κ3) is 2.98. The van der Waals surface area contributed by atoms with E-state index in [1.54, 1.807) is 27.2 Å². The average molecular weight is 268 g/mol. The zero-order chi connectivity index (χ0) is 13.9. The highest BCUT2D eigenvalue weighted by molar-refractivity contribution is 5.45. The molecule has 0 bridgehead atoms. The molecule has 0 spiro atoms. The van der Waals surface area contributed by atoms with E-state index in [4.69, 9.17) is 24.3 Å². The van der Waals surface area contributed by atoms with Crippen LogP contribution in [0.2, 0.25) is 0 Å². The van der Waals surface area contributed by atoms with E-state index in [1.807, 2.05) is 0 Å². The van der Waals surface area contributed by atoms with Crippen LogP contribution in [0.4, 0.5) is 0 Å². The Balaban J connectivity index is 2.20. The van der Waals surface area contributed by atoms with E-state index in [-0.39, 0.29) is 12.5 Å². The summed E-state index contributed by atoms with van der Waals surface area (Å²) < 4.78 is 20.1. The Hall–Kier alpha value is -1.77. The molecule has 2 rings (SSSR count). The van der Waals surface area contributed by atoms with Crippen LogP contribution in [-0.4, -0.2) is 36.1 Å². The van der Waals surface area contributed by atoms with Gasteiger partial charge in [0.15, 0.2) is 17.3 Å². The Bertz CT molecular complexity index is 534. The van der Waals surface area contributed by atoms with Crippen LogP contribution in [0.1, 0.15) is 18.5 Å². The lowest BCUT2D eigenvalue weighted by molar-refractivity contribution is 0.135. The first-order chi connectivity index (χ1) is 9.06. The van der Waals surface area contributed by atoms with Crippen molar-refractivity contribution in [3.63, 3.8) is 0 Å². The second kappa shape index (κ2) is 5.47. The van der Waals surface area contributed by atoms with E-state index in [2.05, 4.69) is 15.3 Å². The van der Waals surface area contributed by atoms with Crippen LogP contribution in [0.3, 0.4) is 0 Å². The van der Waals surface area contributed by atoms with Gasteiger partial charge in [0.25, 0.3) is 5.89 Å². The largest absolute Gasteiger partial charge is 0.382 e. The predicted octanol–water partition coefficient (Wildman–Crippen LogP) is 0.691. The number of rotatable bonds is 6. The lowest BCUT2D eigenvalue weighted by Gasteiger charge is -2.18. The summed E-state index contributed by atoms with van der Waals surface area (Å²) in [5.74, 6) is 1.17. The molecule has 2 N–H and O–H groups in total. The van der Waals surface area contributed by atoms with Gasteiger partial charge >= 0.3 is 0 Å². The number of nitrogens with zero attached hydrogens (tertiary/aromatic N) is 3. The van der Waals surface area contributed by atoms with E-state index in [1.165, 1.54) is 0 Å². The molecular formula is C11H16N4O4. The first kappa shape index (κ1) is 13.7. The summed E-state index contributed by atoms with van der Waals surface area (Å²) in [6.07, 6.45) is 0. The molecule has 2 heterocycles. The van der Waals surface area contributed by atoms with Gasteiger partial charge < -0.3 is 24.3 Å². The van der Waals surface area contributed by atoms with Gasteiger partial charge in [-0.2, -0.15) is 4.98 Å². The molecule has 0 saturated heterocycles. The van der Waals surface area contributed by atoms with Gasteiger partial charge in [-0.05, 0) is 6.92 Å². The topological polar surface area (TPSA) is 109 Å². The summed E-state index contributed by atoms with van der Waals surface area (Å²) in [7, 11) is 3.12. The first-order valence-corrected chi connectivity index (χ1v) is 5.63. The van der Waals surface area contributed by atoms with E-state index in [0.29, 0.717) is 23.9 Å². The predicted molar refractivity (Wildman–Crippen MR) is 63.9 cm³/mol. The number of nitrogens with two attached hydrogens (primary N) is 1. The minimum atomic E-state index is -0.824. The molecule has 19 heavy (non-hydrogen) atoms. The Labute approximate surface area is 109 Å². The molecule has 0 aromatic carbocycles. The van der Waals surface area contributed by atoms with Crippen LogP contribution in [0.25, 0.3) is 11.6 Å². The molecule has 1 atom stereocenters. The third-order valence-electron chi connectivity index (χ3n) is 2.45. The second-order valence-corrected chi connectivity index (χ2v) is 4.39. The summed E-state index contributed by atoms with van der Waals surface area (Å²) >= 11 is 0. The fourth-order valence-corrected chi connectivity index (χ4v) is 1.55. The van der Waals surface area contributed by atoms with Crippen molar-refractivity contribution in [2.75, 3.05) is 20.8 Å². The van der Waals surface area contributed by atoms with Crippen molar-refractivity contribution in [2.24, 2.45) is 5.73 Å². The minimum absolute atomic E-state index is 0.244. The summed E-state index contributed by atoms with van der Waals surface area (Å²) in [6, 6.07) is 1.67. The summed E-state index contributed by atoms with van der Waals surface area (Å²) in [4.78, 5) is 4.20. The van der Waals surface area contributed by atoms with Crippen LogP contribution >= 0.6 is 0 Å². The zero-order valence-electron chi connectivity index (χ0n) is 11.0. The molecule has 0 aliphatic rings. The standard InChI is InChI=1S/C11H16N4O4/c1-11(12,6-17-3)10-13-9(19-15-10)8-4-7(5-16-2)18-14-8/h4H,5-6,12H2,1-3H3. The van der Waals surface area contributed by atoms with Gasteiger partial charge in [0.2, 0.25) is 0 Å². The Morgan fingerprint density at radius 1 is 1.26 bits per heavy atom. The van der Waals surface area contributed by atoms with E-state index >= 15 is 0 Å². The molecule has 8 heteroatoms. The molecule has 0 amide bonds. The Morgan fingerprint density at radius 3 is 2.74 bits per heavy atom. The quantitative estimate of drug-likeness (QED) is 0.814.